The van der Waals surface area contributed by atoms with Gasteiger partial charge in [0.1, 0.15) is 11.2 Å². The summed E-state index contributed by atoms with van der Waals surface area (Å²) in [6.07, 6.45) is 0.658. The highest BCUT2D eigenvalue weighted by Gasteiger charge is 2.42. The minimum Gasteiger partial charge on any atom is -0.299 e. The number of hydrogen-bond acceptors (Lipinski definition) is 4. The van der Waals surface area contributed by atoms with Crippen molar-refractivity contribution in [1.82, 2.24) is 0 Å². The van der Waals surface area contributed by atoms with Crippen LogP contribution in [0.5, 0.6) is 0 Å². The normalized spacial score (nSPS) is 11.6. The van der Waals surface area contributed by atoms with Crippen molar-refractivity contribution >= 4 is 11.8 Å². The van der Waals surface area contributed by atoms with Crippen molar-refractivity contribution in [3.63, 3.8) is 0 Å². The molecule has 0 spiro atoms. The van der Waals surface area contributed by atoms with Crippen molar-refractivity contribution in [3.05, 3.63) is 0 Å². The molecule has 0 aromatic rings. The summed E-state index contributed by atoms with van der Waals surface area (Å²) >= 11 is 0. The Bertz CT molecular complexity index is 229. The minimum absolute atomic E-state index is 0.176. The quantitative estimate of drug-likeness (QED) is 0.388. The fraction of sp³-hybridized carbons (Fsp3) is 0.818. The molecule has 4 heteroatoms. The summed E-state index contributed by atoms with van der Waals surface area (Å²) in [5.74, 6) is -0.765. The molecular weight excluding hydrogens is 196 g/mol. The third kappa shape index (κ3) is 3.30. The Morgan fingerprint density at radius 2 is 1.67 bits per heavy atom. The molecule has 0 bridgehead atoms. The second kappa shape index (κ2) is 5.85. The van der Waals surface area contributed by atoms with E-state index in [1.54, 1.807) is 27.7 Å². The number of carbonyl (C=O) groups excluding carboxylic acids is 2. The van der Waals surface area contributed by atoms with Gasteiger partial charge in [-0.3, -0.25) is 9.68 Å². The molecule has 0 saturated heterocycles. The van der Waals surface area contributed by atoms with Gasteiger partial charge in [0, 0.05) is 0 Å². The Morgan fingerprint density at radius 1 is 1.20 bits per heavy atom. The lowest BCUT2D eigenvalue weighted by Gasteiger charge is -2.25. The highest BCUT2D eigenvalue weighted by atomic mass is 17.2. The molecule has 0 atom stereocenters. The smallest absolute Gasteiger partial charge is 0.299 e. The Balaban J connectivity index is 4.63. The van der Waals surface area contributed by atoms with Gasteiger partial charge < -0.3 is 0 Å². The van der Waals surface area contributed by atoms with Gasteiger partial charge >= 0.3 is 5.97 Å². The molecule has 0 N–H and O–H groups in total. The van der Waals surface area contributed by atoms with E-state index in [1.165, 1.54) is 6.92 Å². The molecule has 0 fully saturated rings. The predicted octanol–water partition coefficient (Wildman–Crippen LogP) is 2.27. The number of rotatable bonds is 6. The van der Waals surface area contributed by atoms with Crippen LogP contribution in [0, 0.1) is 5.41 Å². The molecule has 0 aromatic heterocycles. The predicted molar refractivity (Wildman–Crippen MR) is 56.0 cm³/mol. The maximum atomic E-state index is 11.7. The third-order valence-corrected chi connectivity index (χ3v) is 2.59. The van der Waals surface area contributed by atoms with E-state index in [9.17, 15) is 9.59 Å². The van der Waals surface area contributed by atoms with Crippen molar-refractivity contribution in [2.24, 2.45) is 5.41 Å². The van der Waals surface area contributed by atoms with Crippen LogP contribution in [-0.2, 0) is 19.4 Å². The lowest BCUT2D eigenvalue weighted by atomic mass is 9.79. The monoisotopic (exact) mass is 216 g/mol. The molecule has 0 aliphatic rings. The van der Waals surface area contributed by atoms with Crippen LogP contribution in [0.2, 0.25) is 0 Å². The van der Waals surface area contributed by atoms with Crippen LogP contribution in [0.1, 0.15) is 47.5 Å². The van der Waals surface area contributed by atoms with Gasteiger partial charge in [0.15, 0.2) is 0 Å². The molecule has 15 heavy (non-hydrogen) atoms. The van der Waals surface area contributed by atoms with Crippen LogP contribution in [0.3, 0.4) is 0 Å². The van der Waals surface area contributed by atoms with Crippen molar-refractivity contribution in [2.75, 3.05) is 0 Å². The maximum Gasteiger partial charge on any atom is 0.355 e. The van der Waals surface area contributed by atoms with Crippen LogP contribution in [-0.4, -0.2) is 17.9 Å². The Hall–Kier alpha value is -0.900. The van der Waals surface area contributed by atoms with E-state index in [0.717, 1.165) is 0 Å². The first-order chi connectivity index (χ1) is 6.90. The molecule has 0 amide bonds. The zero-order valence-electron chi connectivity index (χ0n) is 10.1. The Morgan fingerprint density at radius 3 is 1.93 bits per heavy atom. The van der Waals surface area contributed by atoms with E-state index in [2.05, 4.69) is 4.89 Å². The summed E-state index contributed by atoms with van der Waals surface area (Å²) in [6, 6.07) is 0. The summed E-state index contributed by atoms with van der Waals surface area (Å²) in [5.41, 5.74) is -1.05. The molecule has 0 aliphatic heterocycles. The highest BCUT2D eigenvalue weighted by Crippen LogP contribution is 2.29. The van der Waals surface area contributed by atoms with Crippen molar-refractivity contribution in [2.45, 2.75) is 53.6 Å². The minimum atomic E-state index is -1.05. The van der Waals surface area contributed by atoms with Crippen LogP contribution in [0.25, 0.3) is 0 Å². The van der Waals surface area contributed by atoms with E-state index in [4.69, 9.17) is 4.89 Å². The highest BCUT2D eigenvalue weighted by molar-refractivity contribution is 6.02. The second-order valence-electron chi connectivity index (χ2n) is 3.86. The topological polar surface area (TPSA) is 52.6 Å². The van der Waals surface area contributed by atoms with Crippen molar-refractivity contribution in [3.8, 4) is 0 Å². The van der Waals surface area contributed by atoms with Gasteiger partial charge in [-0.25, -0.2) is 4.79 Å². The van der Waals surface area contributed by atoms with E-state index >= 15 is 0 Å². The summed E-state index contributed by atoms with van der Waals surface area (Å²) in [5, 5.41) is 0. The molecule has 4 nitrogen and oxygen atoms in total. The van der Waals surface area contributed by atoms with Gasteiger partial charge in [-0.15, -0.1) is 0 Å². The van der Waals surface area contributed by atoms with Crippen molar-refractivity contribution < 1.29 is 19.4 Å². The summed E-state index contributed by atoms with van der Waals surface area (Å²) < 4.78 is 0. The Labute approximate surface area is 90.9 Å². The number of carbonyl (C=O) groups is 2. The van der Waals surface area contributed by atoms with Crippen molar-refractivity contribution in [1.29, 1.82) is 0 Å². The number of Topliss-reactive ketones (excluding diaryl/α,β-unsaturated/α-hetero) is 1. The summed E-state index contributed by atoms with van der Waals surface area (Å²) in [4.78, 5) is 32.6. The average Bonchev–Trinajstić information content (AvgIpc) is 2.17. The van der Waals surface area contributed by atoms with E-state index in [0.29, 0.717) is 12.8 Å². The van der Waals surface area contributed by atoms with Gasteiger partial charge in [-0.05, 0) is 33.6 Å². The number of hydrogen-bond donors (Lipinski definition) is 0. The molecule has 0 aromatic carbocycles. The van der Waals surface area contributed by atoms with E-state index < -0.39 is 11.4 Å². The lowest BCUT2D eigenvalue weighted by molar-refractivity contribution is -0.298. The van der Waals surface area contributed by atoms with Gasteiger partial charge in [0.05, 0.1) is 6.10 Å². The molecular formula is C11H20O4. The second-order valence-corrected chi connectivity index (χ2v) is 3.86. The first-order valence-corrected chi connectivity index (χ1v) is 5.29. The van der Waals surface area contributed by atoms with Gasteiger partial charge in [-0.2, -0.15) is 4.89 Å². The van der Waals surface area contributed by atoms with E-state index in [1.807, 2.05) is 0 Å². The summed E-state index contributed by atoms with van der Waals surface area (Å²) in [6.45, 7) is 8.49. The van der Waals surface area contributed by atoms with Gasteiger partial charge in [-0.1, -0.05) is 13.8 Å². The molecule has 0 saturated carbocycles. The molecule has 0 radical (unpaired) electrons. The molecule has 0 heterocycles. The first kappa shape index (κ1) is 14.1. The molecule has 0 unspecified atom stereocenters. The maximum absolute atomic E-state index is 11.7. The van der Waals surface area contributed by atoms with Gasteiger partial charge in [0.25, 0.3) is 0 Å². The van der Waals surface area contributed by atoms with Crippen LogP contribution >= 0.6 is 0 Å². The largest absolute Gasteiger partial charge is 0.355 e. The first-order valence-electron chi connectivity index (χ1n) is 5.29. The molecule has 0 aliphatic carbocycles. The SMILES string of the molecule is CCC(CC)(C(C)=O)C(=O)OOC(C)C. The summed E-state index contributed by atoms with van der Waals surface area (Å²) in [7, 11) is 0. The fourth-order valence-electron chi connectivity index (χ4n) is 1.40. The van der Waals surface area contributed by atoms with Gasteiger partial charge in [0.2, 0.25) is 0 Å². The zero-order chi connectivity index (χ0) is 12.1. The fourth-order valence-corrected chi connectivity index (χ4v) is 1.40. The number of ketones is 1. The Kier molecular flexibility index (Phi) is 5.50. The zero-order valence-corrected chi connectivity index (χ0v) is 10.1. The van der Waals surface area contributed by atoms with Crippen LogP contribution in [0.15, 0.2) is 0 Å². The van der Waals surface area contributed by atoms with E-state index in [-0.39, 0.29) is 11.9 Å². The standard InChI is InChI=1S/C11H20O4/c1-6-11(7-2,9(5)12)10(13)15-14-8(3)4/h8H,6-7H2,1-5H3. The van der Waals surface area contributed by atoms with Crippen LogP contribution in [0.4, 0.5) is 0 Å². The van der Waals surface area contributed by atoms with Crippen LogP contribution < -0.4 is 0 Å². The average molecular weight is 216 g/mol. The molecule has 0 rings (SSSR count). The molecule has 88 valence electrons. The third-order valence-electron chi connectivity index (χ3n) is 2.59. The lowest BCUT2D eigenvalue weighted by Crippen LogP contribution is -2.38.